The smallest absolute Gasteiger partial charge is 0.344 e. The van der Waals surface area contributed by atoms with Crippen LogP contribution in [0.3, 0.4) is 0 Å². The van der Waals surface area contributed by atoms with E-state index in [-0.39, 0.29) is 17.2 Å². The Morgan fingerprint density at radius 3 is 2.22 bits per heavy atom. The summed E-state index contributed by atoms with van der Waals surface area (Å²) in [6, 6.07) is 0. The Balaban J connectivity index is 2.26. The van der Waals surface area contributed by atoms with Crippen molar-refractivity contribution in [2.24, 2.45) is 0 Å². The van der Waals surface area contributed by atoms with Crippen LogP contribution >= 0.6 is 0 Å². The van der Waals surface area contributed by atoms with E-state index < -0.39 is 23.8 Å². The van der Waals surface area contributed by atoms with Crippen molar-refractivity contribution in [3.63, 3.8) is 0 Å². The Bertz CT molecular complexity index is 890. The third-order valence-electron chi connectivity index (χ3n) is 4.34. The van der Waals surface area contributed by atoms with Crippen LogP contribution < -0.4 is 0 Å². The van der Waals surface area contributed by atoms with Gasteiger partial charge in [-0.1, -0.05) is 19.0 Å². The van der Waals surface area contributed by atoms with Gasteiger partial charge >= 0.3 is 11.9 Å². The molecule has 0 aliphatic carbocycles. The molecule has 2 aromatic rings. The first-order valence-corrected chi connectivity index (χ1v) is 8.58. The number of carbonyl (C=O) groups excluding carboxylic acids is 3. The third-order valence-corrected chi connectivity index (χ3v) is 4.34. The van der Waals surface area contributed by atoms with Crippen LogP contribution in [-0.2, 0) is 9.47 Å². The van der Waals surface area contributed by atoms with E-state index in [1.54, 1.807) is 20.8 Å². The molecule has 146 valence electrons. The number of hydrogen-bond donors (Lipinski definition) is 1. The molecule has 0 bridgehead atoms. The van der Waals surface area contributed by atoms with Gasteiger partial charge in [-0.25, -0.2) is 9.59 Å². The van der Waals surface area contributed by atoms with Crippen molar-refractivity contribution >= 4 is 17.7 Å². The Kier molecular flexibility index (Phi) is 5.88. The second kappa shape index (κ2) is 7.77. The monoisotopic (exact) mass is 376 g/mol. The summed E-state index contributed by atoms with van der Waals surface area (Å²) in [6.07, 6.45) is -1.06. The van der Waals surface area contributed by atoms with Gasteiger partial charge in [0.05, 0.1) is 24.1 Å². The summed E-state index contributed by atoms with van der Waals surface area (Å²) >= 11 is 0. The first-order chi connectivity index (χ1) is 12.6. The maximum atomic E-state index is 12.8. The van der Waals surface area contributed by atoms with Gasteiger partial charge in [0, 0.05) is 11.6 Å². The van der Waals surface area contributed by atoms with Crippen molar-refractivity contribution in [3.8, 4) is 0 Å². The zero-order chi connectivity index (χ0) is 20.5. The zero-order valence-corrected chi connectivity index (χ0v) is 16.6. The lowest BCUT2D eigenvalue weighted by molar-refractivity contribution is 0.0313. The highest BCUT2D eigenvalue weighted by atomic mass is 16.5. The molecule has 1 atom stereocenters. The second-order valence-electron chi connectivity index (χ2n) is 6.69. The molecule has 0 saturated carbocycles. The van der Waals surface area contributed by atoms with E-state index in [1.165, 1.54) is 14.0 Å². The van der Waals surface area contributed by atoms with Crippen LogP contribution in [0.4, 0.5) is 0 Å². The average Bonchev–Trinajstić information content (AvgIpc) is 3.13. The van der Waals surface area contributed by atoms with Crippen molar-refractivity contribution in [2.75, 3.05) is 7.11 Å². The minimum atomic E-state index is -1.06. The third kappa shape index (κ3) is 3.79. The molecule has 0 saturated heterocycles. The lowest BCUT2D eigenvalue weighted by Gasteiger charge is -2.13. The molecular weight excluding hydrogens is 352 g/mol. The van der Waals surface area contributed by atoms with Gasteiger partial charge in [0.2, 0.25) is 5.78 Å². The summed E-state index contributed by atoms with van der Waals surface area (Å²) in [6.45, 7) is 10.2. The number of ketones is 1. The van der Waals surface area contributed by atoms with E-state index in [1.807, 2.05) is 13.8 Å². The first kappa shape index (κ1) is 20.4. The summed E-state index contributed by atoms with van der Waals surface area (Å²) in [7, 11) is 1.27. The number of nitrogens with one attached hydrogen (secondary N) is 1. The van der Waals surface area contributed by atoms with Gasteiger partial charge in [-0.2, -0.15) is 0 Å². The fraction of sp³-hybridized carbons (Fsp3) is 0.474. The zero-order valence-electron chi connectivity index (χ0n) is 16.6. The van der Waals surface area contributed by atoms with Gasteiger partial charge in [-0.05, 0) is 33.3 Å². The summed E-state index contributed by atoms with van der Waals surface area (Å²) in [4.78, 5) is 40.1. The van der Waals surface area contributed by atoms with Gasteiger partial charge < -0.3 is 19.0 Å². The molecule has 1 N–H and O–H groups in total. The number of aromatic amines is 1. The van der Waals surface area contributed by atoms with E-state index in [4.69, 9.17) is 14.0 Å². The fourth-order valence-corrected chi connectivity index (χ4v) is 2.91. The van der Waals surface area contributed by atoms with Gasteiger partial charge in [0.25, 0.3) is 0 Å². The van der Waals surface area contributed by atoms with Gasteiger partial charge in [0.15, 0.2) is 11.9 Å². The molecule has 0 unspecified atom stereocenters. The van der Waals surface area contributed by atoms with Crippen LogP contribution in [0.15, 0.2) is 4.52 Å². The van der Waals surface area contributed by atoms with Gasteiger partial charge in [-0.3, -0.25) is 4.79 Å². The number of methoxy groups -OCH3 is 1. The molecule has 0 fully saturated rings. The molecule has 2 heterocycles. The number of esters is 2. The number of aryl methyl sites for hydroxylation is 2. The molecule has 2 rings (SSSR count). The van der Waals surface area contributed by atoms with Gasteiger partial charge in [0.1, 0.15) is 5.56 Å². The standard InChI is InChI=1S/C19H24N2O6/c1-8(2)17-14(11(5)21-27-17)19(24)26-12(6)16(22)15-9(3)13(10(4)20-15)18(23)25-7/h8,12,20H,1-7H3/t12-/m1/s1. The van der Waals surface area contributed by atoms with E-state index in [0.29, 0.717) is 28.3 Å². The minimum Gasteiger partial charge on any atom is -0.465 e. The number of carbonyl (C=O) groups is 3. The number of Topliss-reactive ketones (excluding diaryl/α,β-unsaturated/α-hetero) is 1. The molecule has 8 nitrogen and oxygen atoms in total. The normalized spacial score (nSPS) is 12.1. The maximum Gasteiger partial charge on any atom is 0.344 e. The molecule has 0 amide bonds. The number of hydrogen-bond acceptors (Lipinski definition) is 7. The molecule has 0 aliphatic rings. The van der Waals surface area contributed by atoms with Crippen molar-refractivity contribution in [3.05, 3.63) is 39.5 Å². The van der Waals surface area contributed by atoms with E-state index in [2.05, 4.69) is 10.1 Å². The second-order valence-corrected chi connectivity index (χ2v) is 6.69. The minimum absolute atomic E-state index is 0.0596. The van der Waals surface area contributed by atoms with Crippen LogP contribution in [0.25, 0.3) is 0 Å². The lowest BCUT2D eigenvalue weighted by atomic mass is 10.0. The molecule has 0 radical (unpaired) electrons. The van der Waals surface area contributed by atoms with Crippen LogP contribution in [0, 0.1) is 20.8 Å². The summed E-state index contributed by atoms with van der Waals surface area (Å²) < 4.78 is 15.3. The van der Waals surface area contributed by atoms with E-state index >= 15 is 0 Å². The number of aromatic nitrogens is 2. The van der Waals surface area contributed by atoms with E-state index in [0.717, 1.165) is 0 Å². The Labute approximate surface area is 157 Å². The van der Waals surface area contributed by atoms with Crippen LogP contribution in [0.2, 0.25) is 0 Å². The van der Waals surface area contributed by atoms with Crippen LogP contribution in [-0.4, -0.2) is 41.1 Å². The Hall–Kier alpha value is -2.90. The highest BCUT2D eigenvalue weighted by Gasteiger charge is 2.30. The van der Waals surface area contributed by atoms with E-state index in [9.17, 15) is 14.4 Å². The fourth-order valence-electron chi connectivity index (χ4n) is 2.91. The van der Waals surface area contributed by atoms with Crippen LogP contribution in [0.5, 0.6) is 0 Å². The maximum absolute atomic E-state index is 12.8. The van der Waals surface area contributed by atoms with Crippen molar-refractivity contribution in [2.45, 2.75) is 53.6 Å². The van der Waals surface area contributed by atoms with Crippen molar-refractivity contribution in [1.82, 2.24) is 10.1 Å². The lowest BCUT2D eigenvalue weighted by Crippen LogP contribution is -2.26. The van der Waals surface area contributed by atoms with Crippen molar-refractivity contribution < 1.29 is 28.4 Å². The summed E-state index contributed by atoms with van der Waals surface area (Å²) in [5.74, 6) is -1.30. The highest BCUT2D eigenvalue weighted by Crippen LogP contribution is 2.25. The van der Waals surface area contributed by atoms with Gasteiger partial charge in [-0.15, -0.1) is 0 Å². The predicted molar refractivity (Wildman–Crippen MR) is 96.1 cm³/mol. The molecule has 0 spiro atoms. The largest absolute Gasteiger partial charge is 0.465 e. The number of rotatable bonds is 6. The Morgan fingerprint density at radius 2 is 1.67 bits per heavy atom. The Morgan fingerprint density at radius 1 is 1.04 bits per heavy atom. The quantitative estimate of drug-likeness (QED) is 0.608. The summed E-state index contributed by atoms with van der Waals surface area (Å²) in [5, 5.41) is 3.81. The SMILES string of the molecule is COC(=O)c1c(C)[nH]c(C(=O)[C@@H](C)OC(=O)c2c(C)noc2C(C)C)c1C. The number of ether oxygens (including phenoxy) is 2. The van der Waals surface area contributed by atoms with Crippen LogP contribution in [0.1, 0.15) is 80.6 Å². The average molecular weight is 376 g/mol. The number of H-pyrrole nitrogens is 1. The first-order valence-electron chi connectivity index (χ1n) is 8.58. The molecule has 0 aromatic carbocycles. The molecule has 27 heavy (non-hydrogen) atoms. The summed E-state index contributed by atoms with van der Waals surface area (Å²) in [5.41, 5.74) is 2.12. The predicted octanol–water partition coefficient (Wildman–Crippen LogP) is 3.27. The topological polar surface area (TPSA) is 111 Å². The molecule has 2 aromatic heterocycles. The highest BCUT2D eigenvalue weighted by molar-refractivity contribution is 6.04. The van der Waals surface area contributed by atoms with Crippen molar-refractivity contribution in [1.29, 1.82) is 0 Å². The molecular formula is C19H24N2O6. The number of nitrogens with zero attached hydrogens (tertiary/aromatic N) is 1. The molecule has 0 aliphatic heterocycles. The molecule has 8 heteroatoms.